The zero-order valence-electron chi connectivity index (χ0n) is 16.6. The van der Waals surface area contributed by atoms with Gasteiger partial charge in [0, 0.05) is 19.5 Å². The smallest absolute Gasteiger partial charge is 0.308 e. The van der Waals surface area contributed by atoms with Crippen LogP contribution in [0.1, 0.15) is 17.5 Å². The van der Waals surface area contributed by atoms with Crippen LogP contribution in [0.5, 0.6) is 17.2 Å². The van der Waals surface area contributed by atoms with Crippen LogP contribution in [0.3, 0.4) is 0 Å². The first kappa shape index (κ1) is 20.5. The summed E-state index contributed by atoms with van der Waals surface area (Å²) in [5.74, 6) is 0.245. The SMILES string of the molecule is COc1cc(CN2CC(C(=O)O)CC2=O)ccc1OCCOc1ccccc1C. The Balaban J connectivity index is 1.55. The molecule has 1 heterocycles. The van der Waals surface area contributed by atoms with Crippen molar-refractivity contribution in [2.75, 3.05) is 26.9 Å². The summed E-state index contributed by atoms with van der Waals surface area (Å²) >= 11 is 0. The van der Waals surface area contributed by atoms with Gasteiger partial charge in [-0.2, -0.15) is 0 Å². The Bertz CT molecular complexity index is 881. The number of nitrogens with zero attached hydrogens (tertiary/aromatic N) is 1. The maximum Gasteiger partial charge on any atom is 0.308 e. The second-order valence-electron chi connectivity index (χ2n) is 6.96. The van der Waals surface area contributed by atoms with E-state index in [-0.39, 0.29) is 18.9 Å². The number of hydrogen-bond donors (Lipinski definition) is 1. The van der Waals surface area contributed by atoms with E-state index in [1.807, 2.05) is 37.3 Å². The van der Waals surface area contributed by atoms with Crippen LogP contribution < -0.4 is 14.2 Å². The fourth-order valence-electron chi connectivity index (χ4n) is 3.26. The number of aliphatic carboxylic acids is 1. The number of carboxylic acids is 1. The Hall–Kier alpha value is -3.22. The molecule has 1 aliphatic rings. The van der Waals surface area contributed by atoms with Gasteiger partial charge < -0.3 is 24.2 Å². The lowest BCUT2D eigenvalue weighted by atomic mass is 10.1. The van der Waals surface area contributed by atoms with Crippen molar-refractivity contribution in [1.29, 1.82) is 0 Å². The van der Waals surface area contributed by atoms with Gasteiger partial charge in [0.05, 0.1) is 13.0 Å². The van der Waals surface area contributed by atoms with Crippen LogP contribution in [0.25, 0.3) is 0 Å². The number of ether oxygens (including phenoxy) is 3. The third kappa shape index (κ3) is 5.19. The van der Waals surface area contributed by atoms with Gasteiger partial charge >= 0.3 is 5.97 Å². The summed E-state index contributed by atoms with van der Waals surface area (Å²) in [6.07, 6.45) is 0.0502. The van der Waals surface area contributed by atoms with Gasteiger partial charge in [0.25, 0.3) is 0 Å². The monoisotopic (exact) mass is 399 g/mol. The molecule has 1 atom stereocenters. The minimum atomic E-state index is -0.935. The second-order valence-corrected chi connectivity index (χ2v) is 6.96. The Morgan fingerprint density at radius 1 is 1.10 bits per heavy atom. The predicted molar refractivity (Wildman–Crippen MR) is 106 cm³/mol. The third-order valence-electron chi connectivity index (χ3n) is 4.86. The van der Waals surface area contributed by atoms with Gasteiger partial charge in [-0.25, -0.2) is 0 Å². The summed E-state index contributed by atoms with van der Waals surface area (Å²) in [6, 6.07) is 13.2. The van der Waals surface area contributed by atoms with Crippen molar-refractivity contribution < 1.29 is 28.9 Å². The molecule has 0 spiro atoms. The zero-order chi connectivity index (χ0) is 20.8. The highest BCUT2D eigenvalue weighted by Crippen LogP contribution is 2.30. The molecular weight excluding hydrogens is 374 g/mol. The number of carboxylic acid groups (broad SMARTS) is 1. The lowest BCUT2D eigenvalue weighted by Gasteiger charge is -2.18. The van der Waals surface area contributed by atoms with Crippen LogP contribution in [-0.4, -0.2) is 48.8 Å². The molecule has 1 fully saturated rings. The average Bonchev–Trinajstić information content (AvgIpc) is 3.08. The number of benzene rings is 2. The maximum atomic E-state index is 12.0. The lowest BCUT2D eigenvalue weighted by molar-refractivity contribution is -0.141. The molecule has 7 heteroatoms. The van der Waals surface area contributed by atoms with E-state index in [9.17, 15) is 9.59 Å². The van der Waals surface area contributed by atoms with E-state index in [1.54, 1.807) is 24.1 Å². The number of rotatable bonds is 9. The first-order chi connectivity index (χ1) is 14.0. The Labute approximate surface area is 169 Å². The van der Waals surface area contributed by atoms with E-state index < -0.39 is 11.9 Å². The van der Waals surface area contributed by atoms with Gasteiger partial charge in [0.15, 0.2) is 11.5 Å². The quantitative estimate of drug-likeness (QED) is 0.653. The number of amides is 1. The van der Waals surface area contributed by atoms with Crippen LogP contribution in [0.2, 0.25) is 0 Å². The number of aryl methyl sites for hydroxylation is 1. The van der Waals surface area contributed by atoms with E-state index in [0.29, 0.717) is 31.3 Å². The molecular formula is C22H25NO6. The minimum absolute atomic E-state index is 0.0502. The van der Waals surface area contributed by atoms with Crippen molar-refractivity contribution in [3.8, 4) is 17.2 Å². The lowest BCUT2D eigenvalue weighted by Crippen LogP contribution is -2.25. The number of para-hydroxylation sites is 1. The molecule has 0 radical (unpaired) electrons. The summed E-state index contributed by atoms with van der Waals surface area (Å²) in [7, 11) is 1.55. The molecule has 1 saturated heterocycles. The van der Waals surface area contributed by atoms with E-state index in [2.05, 4.69) is 0 Å². The summed E-state index contributed by atoms with van der Waals surface area (Å²) in [6.45, 7) is 3.31. The number of carbonyl (C=O) groups excluding carboxylic acids is 1. The van der Waals surface area contributed by atoms with Crippen LogP contribution in [-0.2, 0) is 16.1 Å². The molecule has 0 aliphatic carbocycles. The summed E-state index contributed by atoms with van der Waals surface area (Å²) < 4.78 is 16.9. The Morgan fingerprint density at radius 2 is 1.83 bits per heavy atom. The van der Waals surface area contributed by atoms with Crippen molar-refractivity contribution >= 4 is 11.9 Å². The highest BCUT2D eigenvalue weighted by atomic mass is 16.5. The highest BCUT2D eigenvalue weighted by molar-refractivity contribution is 5.86. The summed E-state index contributed by atoms with van der Waals surface area (Å²) in [5.41, 5.74) is 1.92. The molecule has 3 rings (SSSR count). The van der Waals surface area contributed by atoms with Crippen LogP contribution in [0.4, 0.5) is 0 Å². The first-order valence-corrected chi connectivity index (χ1v) is 9.46. The van der Waals surface area contributed by atoms with Crippen LogP contribution in [0, 0.1) is 12.8 Å². The van der Waals surface area contributed by atoms with Gasteiger partial charge in [-0.05, 0) is 36.2 Å². The van der Waals surface area contributed by atoms with Crippen molar-refractivity contribution in [2.45, 2.75) is 19.9 Å². The molecule has 1 unspecified atom stereocenters. The van der Waals surface area contributed by atoms with E-state index in [0.717, 1.165) is 16.9 Å². The van der Waals surface area contributed by atoms with Crippen molar-refractivity contribution in [1.82, 2.24) is 4.90 Å². The molecule has 29 heavy (non-hydrogen) atoms. The number of carbonyl (C=O) groups is 2. The minimum Gasteiger partial charge on any atom is -0.493 e. The van der Waals surface area contributed by atoms with Gasteiger partial charge in [-0.3, -0.25) is 9.59 Å². The summed E-state index contributed by atoms with van der Waals surface area (Å²) in [5, 5.41) is 9.10. The van der Waals surface area contributed by atoms with E-state index in [1.165, 1.54) is 0 Å². The fraction of sp³-hybridized carbons (Fsp3) is 0.364. The molecule has 0 bridgehead atoms. The van der Waals surface area contributed by atoms with Crippen LogP contribution in [0.15, 0.2) is 42.5 Å². The van der Waals surface area contributed by atoms with Crippen molar-refractivity contribution in [3.05, 3.63) is 53.6 Å². The van der Waals surface area contributed by atoms with Crippen LogP contribution >= 0.6 is 0 Å². The van der Waals surface area contributed by atoms with E-state index >= 15 is 0 Å². The molecule has 2 aromatic rings. The standard InChI is InChI=1S/C22H25NO6/c1-15-5-3-4-6-18(15)28-9-10-29-19-8-7-16(11-20(19)27-2)13-23-14-17(22(25)26)12-21(23)24/h3-8,11,17H,9-10,12-14H2,1-2H3,(H,25,26). The zero-order valence-corrected chi connectivity index (χ0v) is 16.6. The largest absolute Gasteiger partial charge is 0.493 e. The second kappa shape index (κ2) is 9.32. The molecule has 1 N–H and O–H groups in total. The molecule has 7 nitrogen and oxygen atoms in total. The average molecular weight is 399 g/mol. The van der Waals surface area contributed by atoms with Crippen molar-refractivity contribution in [2.24, 2.45) is 5.92 Å². The fourth-order valence-corrected chi connectivity index (χ4v) is 3.26. The maximum absolute atomic E-state index is 12.0. The van der Waals surface area contributed by atoms with Crippen molar-refractivity contribution in [3.63, 3.8) is 0 Å². The molecule has 1 amide bonds. The van der Waals surface area contributed by atoms with Gasteiger partial charge in [0.1, 0.15) is 19.0 Å². The Morgan fingerprint density at radius 3 is 2.48 bits per heavy atom. The number of methoxy groups -OCH3 is 1. The third-order valence-corrected chi connectivity index (χ3v) is 4.86. The summed E-state index contributed by atoms with van der Waals surface area (Å²) in [4.78, 5) is 24.7. The molecule has 0 saturated carbocycles. The van der Waals surface area contributed by atoms with Gasteiger partial charge in [-0.1, -0.05) is 24.3 Å². The highest BCUT2D eigenvalue weighted by Gasteiger charge is 2.34. The molecule has 0 aromatic heterocycles. The molecule has 154 valence electrons. The molecule has 1 aliphatic heterocycles. The van der Waals surface area contributed by atoms with E-state index in [4.69, 9.17) is 19.3 Å². The molecule has 2 aromatic carbocycles. The number of hydrogen-bond acceptors (Lipinski definition) is 5. The van der Waals surface area contributed by atoms with Gasteiger partial charge in [-0.15, -0.1) is 0 Å². The van der Waals surface area contributed by atoms with Gasteiger partial charge in [0.2, 0.25) is 5.91 Å². The predicted octanol–water partition coefficient (Wildman–Crippen LogP) is 2.89. The topological polar surface area (TPSA) is 85.3 Å². The normalized spacial score (nSPS) is 16.0. The number of likely N-dealkylation sites (tertiary alicyclic amines) is 1. The first-order valence-electron chi connectivity index (χ1n) is 9.46. The Kier molecular flexibility index (Phi) is 6.59.